The number of aliphatic imine (C=N–C) groups is 1. The van der Waals surface area contributed by atoms with E-state index in [-0.39, 0.29) is 0 Å². The Hall–Kier alpha value is -2.47. The molecule has 2 N–H and O–H groups in total. The van der Waals surface area contributed by atoms with Crippen LogP contribution in [0.2, 0.25) is 5.02 Å². The molecule has 3 rings (SSSR count). The fourth-order valence-corrected chi connectivity index (χ4v) is 3.59. The van der Waals surface area contributed by atoms with E-state index in [4.69, 9.17) is 21.3 Å². The van der Waals surface area contributed by atoms with Crippen molar-refractivity contribution in [3.05, 3.63) is 52.7 Å². The molecule has 0 radical (unpaired) electrons. The van der Waals surface area contributed by atoms with E-state index in [1.54, 1.807) is 7.11 Å². The summed E-state index contributed by atoms with van der Waals surface area (Å²) in [6.45, 7) is 7.45. The number of hydrogen-bond donors (Lipinski definition) is 2. The third-order valence-corrected chi connectivity index (χ3v) is 5.29. The lowest BCUT2D eigenvalue weighted by Crippen LogP contribution is -2.48. The third kappa shape index (κ3) is 6.00. The van der Waals surface area contributed by atoms with Gasteiger partial charge in [-0.25, -0.2) is 9.98 Å². The van der Waals surface area contributed by atoms with E-state index in [0.29, 0.717) is 17.6 Å². The van der Waals surface area contributed by atoms with Crippen molar-refractivity contribution in [1.29, 1.82) is 0 Å². The van der Waals surface area contributed by atoms with Gasteiger partial charge in [-0.15, -0.1) is 0 Å². The molecule has 1 fully saturated rings. The van der Waals surface area contributed by atoms with Crippen molar-refractivity contribution in [2.24, 2.45) is 4.99 Å². The molecular formula is C22H30ClN5O. The van der Waals surface area contributed by atoms with Crippen LogP contribution < -0.4 is 20.3 Å². The van der Waals surface area contributed by atoms with Crippen LogP contribution in [0.1, 0.15) is 30.9 Å². The number of methoxy groups -OCH3 is 1. The van der Waals surface area contributed by atoms with E-state index in [1.165, 1.54) is 5.56 Å². The second-order valence-corrected chi connectivity index (χ2v) is 7.69. The monoisotopic (exact) mass is 415 g/mol. The molecule has 156 valence electrons. The van der Waals surface area contributed by atoms with Crippen LogP contribution in [0.25, 0.3) is 0 Å². The van der Waals surface area contributed by atoms with Crippen LogP contribution >= 0.6 is 11.6 Å². The number of rotatable bonds is 6. The van der Waals surface area contributed by atoms with Crippen molar-refractivity contribution in [2.45, 2.75) is 39.3 Å². The number of benzene rings is 1. The van der Waals surface area contributed by atoms with Gasteiger partial charge in [0.05, 0.1) is 13.7 Å². The SMILES string of the molecule is CCNC(=NCc1ccc(Cl)cc1OC)NC1CCN(c2ccc(C)cn2)CC1. The molecule has 1 aliphatic rings. The maximum Gasteiger partial charge on any atom is 0.191 e. The highest BCUT2D eigenvalue weighted by Crippen LogP contribution is 2.24. The van der Waals surface area contributed by atoms with Gasteiger partial charge in [-0.2, -0.15) is 0 Å². The lowest BCUT2D eigenvalue weighted by Gasteiger charge is -2.33. The first kappa shape index (κ1) is 21.2. The van der Waals surface area contributed by atoms with Crippen molar-refractivity contribution in [3.63, 3.8) is 0 Å². The zero-order valence-corrected chi connectivity index (χ0v) is 18.2. The summed E-state index contributed by atoms with van der Waals surface area (Å²) in [4.78, 5) is 11.6. The zero-order chi connectivity index (χ0) is 20.6. The van der Waals surface area contributed by atoms with E-state index < -0.39 is 0 Å². The molecule has 0 spiro atoms. The number of aromatic nitrogens is 1. The van der Waals surface area contributed by atoms with Crippen molar-refractivity contribution >= 4 is 23.4 Å². The maximum absolute atomic E-state index is 6.05. The van der Waals surface area contributed by atoms with Gasteiger partial charge in [0.2, 0.25) is 0 Å². The Labute approximate surface area is 178 Å². The van der Waals surface area contributed by atoms with Crippen LogP contribution in [0.4, 0.5) is 5.82 Å². The molecular weight excluding hydrogens is 386 g/mol. The minimum absolute atomic E-state index is 0.390. The average Bonchev–Trinajstić information content (AvgIpc) is 2.74. The summed E-state index contributed by atoms with van der Waals surface area (Å²) < 4.78 is 5.42. The second kappa shape index (κ2) is 10.3. The number of nitrogens with zero attached hydrogens (tertiary/aromatic N) is 3. The van der Waals surface area contributed by atoms with Gasteiger partial charge in [0.1, 0.15) is 11.6 Å². The highest BCUT2D eigenvalue weighted by molar-refractivity contribution is 6.30. The molecule has 29 heavy (non-hydrogen) atoms. The van der Waals surface area contributed by atoms with Crippen LogP contribution in [0.15, 0.2) is 41.5 Å². The lowest BCUT2D eigenvalue weighted by atomic mass is 10.1. The van der Waals surface area contributed by atoms with Crippen molar-refractivity contribution < 1.29 is 4.74 Å². The molecule has 0 atom stereocenters. The van der Waals surface area contributed by atoms with E-state index >= 15 is 0 Å². The predicted molar refractivity (Wildman–Crippen MR) is 120 cm³/mol. The van der Waals surface area contributed by atoms with Crippen LogP contribution in [-0.2, 0) is 6.54 Å². The Morgan fingerprint density at radius 3 is 2.72 bits per heavy atom. The Kier molecular flexibility index (Phi) is 7.58. The van der Waals surface area contributed by atoms with E-state index in [2.05, 4.69) is 46.5 Å². The molecule has 1 saturated heterocycles. The van der Waals surface area contributed by atoms with Crippen molar-refractivity contribution in [2.75, 3.05) is 31.6 Å². The summed E-state index contributed by atoms with van der Waals surface area (Å²) in [6.07, 6.45) is 4.02. The first-order chi connectivity index (χ1) is 14.1. The fraction of sp³-hybridized carbons (Fsp3) is 0.455. The lowest BCUT2D eigenvalue weighted by molar-refractivity contribution is 0.410. The van der Waals surface area contributed by atoms with Gasteiger partial charge in [0.25, 0.3) is 0 Å². The smallest absolute Gasteiger partial charge is 0.191 e. The summed E-state index contributed by atoms with van der Waals surface area (Å²) in [5.41, 5.74) is 2.20. The minimum atomic E-state index is 0.390. The van der Waals surface area contributed by atoms with E-state index in [0.717, 1.165) is 55.6 Å². The number of halogens is 1. The molecule has 6 nitrogen and oxygen atoms in total. The average molecular weight is 416 g/mol. The van der Waals surface area contributed by atoms with Gasteiger partial charge >= 0.3 is 0 Å². The minimum Gasteiger partial charge on any atom is -0.496 e. The Morgan fingerprint density at radius 2 is 2.07 bits per heavy atom. The zero-order valence-electron chi connectivity index (χ0n) is 17.4. The van der Waals surface area contributed by atoms with Crippen LogP contribution in [0.3, 0.4) is 0 Å². The number of nitrogens with one attached hydrogen (secondary N) is 2. The molecule has 2 aromatic rings. The first-order valence-corrected chi connectivity index (χ1v) is 10.5. The Bertz CT molecular complexity index is 816. The van der Waals surface area contributed by atoms with Gasteiger partial charge in [-0.1, -0.05) is 23.7 Å². The van der Waals surface area contributed by atoms with Crippen LogP contribution in [-0.4, -0.2) is 43.7 Å². The normalized spacial score (nSPS) is 15.3. The highest BCUT2D eigenvalue weighted by atomic mass is 35.5. The number of ether oxygens (including phenoxy) is 1. The molecule has 2 heterocycles. The third-order valence-electron chi connectivity index (χ3n) is 5.06. The predicted octanol–water partition coefficient (Wildman–Crippen LogP) is 3.78. The first-order valence-electron chi connectivity index (χ1n) is 10.1. The van der Waals surface area contributed by atoms with Gasteiger partial charge in [-0.05, 0) is 50.5 Å². The molecule has 0 bridgehead atoms. The Morgan fingerprint density at radius 1 is 1.28 bits per heavy atom. The van der Waals surface area contributed by atoms with Crippen LogP contribution in [0, 0.1) is 6.92 Å². The topological polar surface area (TPSA) is 61.8 Å². The van der Waals surface area contributed by atoms with Crippen LogP contribution in [0.5, 0.6) is 5.75 Å². The Balaban J connectivity index is 1.58. The summed E-state index contributed by atoms with van der Waals surface area (Å²) in [5.74, 6) is 2.65. The van der Waals surface area contributed by atoms with Gasteiger partial charge < -0.3 is 20.3 Å². The summed E-state index contributed by atoms with van der Waals surface area (Å²) >= 11 is 6.05. The van der Waals surface area contributed by atoms with Gasteiger partial charge in [-0.3, -0.25) is 0 Å². The second-order valence-electron chi connectivity index (χ2n) is 7.25. The van der Waals surface area contributed by atoms with Crippen molar-refractivity contribution in [3.8, 4) is 5.75 Å². The molecule has 1 aromatic heterocycles. The summed E-state index contributed by atoms with van der Waals surface area (Å²) in [7, 11) is 1.65. The number of pyridine rings is 1. The number of aryl methyl sites for hydroxylation is 1. The highest BCUT2D eigenvalue weighted by Gasteiger charge is 2.21. The van der Waals surface area contributed by atoms with E-state index in [9.17, 15) is 0 Å². The summed E-state index contributed by atoms with van der Waals surface area (Å²) in [6, 6.07) is 10.3. The van der Waals surface area contributed by atoms with Gasteiger partial charge in [0.15, 0.2) is 5.96 Å². The molecule has 1 aliphatic heterocycles. The summed E-state index contributed by atoms with van der Waals surface area (Å²) in [5, 5.41) is 7.59. The number of anilines is 1. The van der Waals surface area contributed by atoms with E-state index in [1.807, 2.05) is 24.4 Å². The molecule has 7 heteroatoms. The molecule has 0 saturated carbocycles. The fourth-order valence-electron chi connectivity index (χ4n) is 3.43. The molecule has 1 aromatic carbocycles. The number of hydrogen-bond acceptors (Lipinski definition) is 4. The maximum atomic E-state index is 6.05. The molecule has 0 unspecified atom stereocenters. The van der Waals surface area contributed by atoms with Crippen molar-refractivity contribution in [1.82, 2.24) is 15.6 Å². The molecule has 0 aliphatic carbocycles. The quantitative estimate of drug-likeness (QED) is 0.555. The molecule has 0 amide bonds. The standard InChI is InChI=1S/C22H30ClN5O/c1-4-24-22(26-15-17-6-7-18(23)13-20(17)29-3)27-19-9-11-28(12-10-19)21-8-5-16(2)14-25-21/h5-8,13-14,19H,4,9-12,15H2,1-3H3,(H2,24,26,27). The number of piperidine rings is 1. The largest absolute Gasteiger partial charge is 0.496 e. The number of guanidine groups is 1. The van der Waals surface area contributed by atoms with Gasteiger partial charge in [0, 0.05) is 42.5 Å².